The van der Waals surface area contributed by atoms with Gasteiger partial charge in [0.2, 0.25) is 0 Å². The first-order valence-electron chi connectivity index (χ1n) is 9.70. The van der Waals surface area contributed by atoms with Gasteiger partial charge in [-0.15, -0.1) is 5.06 Å². The lowest BCUT2D eigenvalue weighted by atomic mass is 9.99. The molecule has 1 atom stereocenters. The number of ketones is 1. The number of nitrogens with one attached hydrogen (secondary N) is 1. The van der Waals surface area contributed by atoms with Crippen molar-refractivity contribution in [2.75, 3.05) is 0 Å². The molecule has 0 bridgehead atoms. The highest BCUT2D eigenvalue weighted by Crippen LogP contribution is 2.18. The molecule has 1 fully saturated rings. The van der Waals surface area contributed by atoms with Crippen LogP contribution < -0.4 is 5.32 Å². The number of hydrogen-bond donors (Lipinski definition) is 1. The third-order valence-electron chi connectivity index (χ3n) is 4.73. The smallest absolute Gasteiger partial charge is 0.334 e. The van der Waals surface area contributed by atoms with Crippen LogP contribution in [-0.4, -0.2) is 46.8 Å². The van der Waals surface area contributed by atoms with Crippen molar-refractivity contribution in [2.45, 2.75) is 31.5 Å². The number of carbonyl (C=O) groups excluding carboxylic acids is 5. The van der Waals surface area contributed by atoms with Crippen molar-refractivity contribution in [3.8, 4) is 0 Å². The lowest BCUT2D eigenvalue weighted by Gasteiger charge is -2.21. The number of halogens is 3. The predicted octanol–water partition coefficient (Wildman–Crippen LogP) is 2.11. The summed E-state index contributed by atoms with van der Waals surface area (Å²) in [6.07, 6.45) is -6.13. The van der Waals surface area contributed by atoms with Gasteiger partial charge in [0.1, 0.15) is 6.04 Å². The van der Waals surface area contributed by atoms with Crippen LogP contribution in [0.15, 0.2) is 54.6 Å². The average molecular weight is 462 g/mol. The summed E-state index contributed by atoms with van der Waals surface area (Å²) in [4.78, 5) is 64.2. The van der Waals surface area contributed by atoms with Gasteiger partial charge in [-0.1, -0.05) is 54.6 Å². The molecule has 0 radical (unpaired) electrons. The van der Waals surface area contributed by atoms with Crippen molar-refractivity contribution >= 4 is 29.5 Å². The molecule has 3 amide bonds. The molecule has 11 heteroatoms. The van der Waals surface area contributed by atoms with E-state index in [0.29, 0.717) is 16.7 Å². The van der Waals surface area contributed by atoms with Crippen LogP contribution in [0.2, 0.25) is 0 Å². The van der Waals surface area contributed by atoms with E-state index in [9.17, 15) is 37.1 Å². The maximum atomic E-state index is 12.7. The van der Waals surface area contributed by atoms with E-state index in [1.807, 2.05) is 0 Å². The summed E-state index contributed by atoms with van der Waals surface area (Å²) >= 11 is 0. The SMILES string of the molecule is O=C(c1ccccc1)c1ccc(C[C@H](NC(=O)C(F)(F)F)C(=O)ON2C(=O)CCC2=O)cc1. The van der Waals surface area contributed by atoms with Crippen molar-refractivity contribution in [1.82, 2.24) is 10.4 Å². The highest BCUT2D eigenvalue weighted by atomic mass is 19.4. The van der Waals surface area contributed by atoms with Gasteiger partial charge in [0.25, 0.3) is 11.8 Å². The number of imide groups is 1. The second kappa shape index (κ2) is 9.63. The standard InChI is InChI=1S/C22H17F3N2O6/c23-22(24,25)21(32)26-16(20(31)33-27-17(28)10-11-18(27)29)12-13-6-8-15(9-7-13)19(30)14-4-2-1-3-5-14/h1-9,16H,10-12H2,(H,26,32)/t16-/m0/s1. The van der Waals surface area contributed by atoms with Crippen molar-refractivity contribution in [3.63, 3.8) is 0 Å². The Morgan fingerprint density at radius 2 is 1.45 bits per heavy atom. The Kier molecular flexibility index (Phi) is 6.90. The summed E-state index contributed by atoms with van der Waals surface area (Å²) in [5, 5.41) is 1.69. The van der Waals surface area contributed by atoms with Gasteiger partial charge in [-0.25, -0.2) is 4.79 Å². The number of alkyl halides is 3. The monoisotopic (exact) mass is 462 g/mol. The highest BCUT2D eigenvalue weighted by Gasteiger charge is 2.42. The van der Waals surface area contributed by atoms with Gasteiger partial charge in [-0.05, 0) is 5.56 Å². The predicted molar refractivity (Wildman–Crippen MR) is 105 cm³/mol. The first-order chi connectivity index (χ1) is 15.6. The molecule has 0 spiro atoms. The van der Waals surface area contributed by atoms with Gasteiger partial charge in [-0.3, -0.25) is 19.2 Å². The minimum absolute atomic E-state index is 0.177. The Morgan fingerprint density at radius 3 is 2.00 bits per heavy atom. The molecule has 3 rings (SSSR count). The molecule has 2 aromatic carbocycles. The van der Waals surface area contributed by atoms with Crippen LogP contribution >= 0.6 is 0 Å². The van der Waals surface area contributed by atoms with Crippen molar-refractivity contribution in [1.29, 1.82) is 0 Å². The normalized spacial score (nSPS) is 14.7. The molecular formula is C22H17F3N2O6. The Hall–Kier alpha value is -4.02. The van der Waals surface area contributed by atoms with E-state index in [1.54, 1.807) is 30.3 Å². The number of hydroxylamine groups is 2. The maximum Gasteiger partial charge on any atom is 0.471 e. The van der Waals surface area contributed by atoms with E-state index in [2.05, 4.69) is 4.84 Å². The zero-order valence-electron chi connectivity index (χ0n) is 16.9. The second-order valence-electron chi connectivity index (χ2n) is 7.11. The molecule has 33 heavy (non-hydrogen) atoms. The maximum absolute atomic E-state index is 12.7. The number of carbonyl (C=O) groups is 5. The number of rotatable bonds is 7. The van der Waals surface area contributed by atoms with Crippen LogP contribution in [0.1, 0.15) is 34.3 Å². The topological polar surface area (TPSA) is 110 Å². The van der Waals surface area contributed by atoms with Crippen LogP contribution in [0.25, 0.3) is 0 Å². The fourth-order valence-electron chi connectivity index (χ4n) is 3.03. The number of benzene rings is 2. The summed E-state index contributed by atoms with van der Waals surface area (Å²) in [6, 6.07) is 12.2. The van der Waals surface area contributed by atoms with Crippen LogP contribution in [0.5, 0.6) is 0 Å². The minimum Gasteiger partial charge on any atom is -0.334 e. The Bertz CT molecular complexity index is 1070. The number of nitrogens with zero attached hydrogens (tertiary/aromatic N) is 1. The quantitative estimate of drug-likeness (QED) is 0.499. The molecule has 1 aliphatic heterocycles. The zero-order valence-corrected chi connectivity index (χ0v) is 16.9. The minimum atomic E-state index is -5.27. The molecule has 172 valence electrons. The van der Waals surface area contributed by atoms with E-state index >= 15 is 0 Å². The molecule has 1 heterocycles. The summed E-state index contributed by atoms with van der Waals surface area (Å²) in [5.74, 6) is -5.73. The Balaban J connectivity index is 1.76. The number of amides is 3. The summed E-state index contributed by atoms with van der Waals surface area (Å²) < 4.78 is 38.2. The first kappa shape index (κ1) is 23.6. The largest absolute Gasteiger partial charge is 0.471 e. The van der Waals surface area contributed by atoms with E-state index in [4.69, 9.17) is 0 Å². The number of hydrogen-bond acceptors (Lipinski definition) is 6. The van der Waals surface area contributed by atoms with Crippen LogP contribution in [0.3, 0.4) is 0 Å². The molecule has 8 nitrogen and oxygen atoms in total. The molecule has 1 N–H and O–H groups in total. The molecule has 1 saturated heterocycles. The summed E-state index contributed by atoms with van der Waals surface area (Å²) in [7, 11) is 0. The van der Waals surface area contributed by atoms with Gasteiger partial charge >= 0.3 is 18.1 Å². The van der Waals surface area contributed by atoms with Crippen LogP contribution in [0, 0.1) is 0 Å². The van der Waals surface area contributed by atoms with Crippen molar-refractivity contribution in [3.05, 3.63) is 71.3 Å². The fourth-order valence-corrected chi connectivity index (χ4v) is 3.03. The lowest BCUT2D eigenvalue weighted by Crippen LogP contribution is -2.50. The zero-order chi connectivity index (χ0) is 24.2. The van der Waals surface area contributed by atoms with Gasteiger partial charge in [0, 0.05) is 30.4 Å². The third-order valence-corrected chi connectivity index (χ3v) is 4.73. The van der Waals surface area contributed by atoms with Crippen LogP contribution in [0.4, 0.5) is 13.2 Å². The third kappa shape index (κ3) is 5.82. The summed E-state index contributed by atoms with van der Waals surface area (Å²) in [5.41, 5.74) is 1.03. The van der Waals surface area contributed by atoms with Crippen LogP contribution in [-0.2, 0) is 30.4 Å². The molecule has 0 saturated carbocycles. The lowest BCUT2D eigenvalue weighted by molar-refractivity contribution is -0.200. The second-order valence-corrected chi connectivity index (χ2v) is 7.11. The molecule has 1 aliphatic rings. The molecule has 0 aliphatic carbocycles. The van der Waals surface area contributed by atoms with E-state index in [1.165, 1.54) is 29.6 Å². The van der Waals surface area contributed by atoms with E-state index < -0.39 is 42.3 Å². The van der Waals surface area contributed by atoms with E-state index in [-0.39, 0.29) is 23.7 Å². The molecule has 0 unspecified atom stereocenters. The molecule has 0 aromatic heterocycles. The van der Waals surface area contributed by atoms with Crippen molar-refractivity contribution < 1.29 is 42.0 Å². The van der Waals surface area contributed by atoms with Gasteiger partial charge < -0.3 is 10.2 Å². The van der Waals surface area contributed by atoms with Gasteiger partial charge in [0.05, 0.1) is 0 Å². The van der Waals surface area contributed by atoms with Gasteiger partial charge in [0.15, 0.2) is 5.78 Å². The summed E-state index contributed by atoms with van der Waals surface area (Å²) in [6.45, 7) is 0. The molecule has 2 aromatic rings. The van der Waals surface area contributed by atoms with Crippen molar-refractivity contribution in [2.24, 2.45) is 0 Å². The van der Waals surface area contributed by atoms with E-state index in [0.717, 1.165) is 0 Å². The average Bonchev–Trinajstić information content (AvgIpc) is 3.10. The molecular weight excluding hydrogens is 445 g/mol. The Labute approximate surface area is 185 Å². The first-order valence-corrected chi connectivity index (χ1v) is 9.70. The Morgan fingerprint density at radius 1 is 0.909 bits per heavy atom. The highest BCUT2D eigenvalue weighted by molar-refractivity contribution is 6.09. The van der Waals surface area contributed by atoms with Gasteiger partial charge in [-0.2, -0.15) is 13.2 Å². The fraction of sp³-hybridized carbons (Fsp3) is 0.227.